The van der Waals surface area contributed by atoms with E-state index in [1.54, 1.807) is 6.07 Å². The molecule has 1 atom stereocenters. The number of aliphatic carboxylic acids is 1. The minimum absolute atomic E-state index is 0.00310. The molecule has 1 unspecified atom stereocenters. The lowest BCUT2D eigenvalue weighted by atomic mass is 9.99. The number of benzene rings is 1. The molecule has 0 aliphatic carbocycles. The Balaban J connectivity index is 3.33. The van der Waals surface area contributed by atoms with Crippen LogP contribution in [0.4, 0.5) is 4.39 Å². The first-order valence-corrected chi connectivity index (χ1v) is 4.51. The van der Waals surface area contributed by atoms with E-state index < -0.39 is 17.7 Å². The number of nitrogens with zero attached hydrogens (tertiary/aromatic N) is 1. The van der Waals surface area contributed by atoms with E-state index in [0.717, 1.165) is 6.07 Å². The molecule has 1 aromatic rings. The van der Waals surface area contributed by atoms with Gasteiger partial charge in [-0.3, -0.25) is 4.79 Å². The highest BCUT2D eigenvalue weighted by atomic mass is 19.1. The summed E-state index contributed by atoms with van der Waals surface area (Å²) in [5.41, 5.74) is 0.0460. The number of ether oxygens (including phenoxy) is 1. The van der Waals surface area contributed by atoms with E-state index in [1.807, 2.05) is 0 Å². The molecular weight excluding hydrogens is 213 g/mol. The average Bonchev–Trinajstić information content (AvgIpc) is 2.27. The van der Waals surface area contributed by atoms with Crippen LogP contribution in [0.25, 0.3) is 0 Å². The molecule has 4 nitrogen and oxygen atoms in total. The topological polar surface area (TPSA) is 70.3 Å². The lowest BCUT2D eigenvalue weighted by Gasteiger charge is -2.11. The van der Waals surface area contributed by atoms with E-state index in [9.17, 15) is 9.18 Å². The van der Waals surface area contributed by atoms with Gasteiger partial charge in [0, 0.05) is 5.56 Å². The maximum Gasteiger partial charge on any atom is 0.310 e. The van der Waals surface area contributed by atoms with Gasteiger partial charge < -0.3 is 9.84 Å². The molecule has 0 radical (unpaired) electrons. The fourth-order valence-electron chi connectivity index (χ4n) is 1.29. The minimum Gasteiger partial charge on any atom is -0.495 e. The van der Waals surface area contributed by atoms with Crippen LogP contribution in [0.3, 0.4) is 0 Å². The van der Waals surface area contributed by atoms with Gasteiger partial charge in [0.2, 0.25) is 0 Å². The van der Waals surface area contributed by atoms with E-state index in [-0.39, 0.29) is 16.9 Å². The maximum atomic E-state index is 13.5. The molecule has 0 fully saturated rings. The summed E-state index contributed by atoms with van der Waals surface area (Å²) in [5, 5.41) is 17.5. The summed E-state index contributed by atoms with van der Waals surface area (Å²) in [4.78, 5) is 10.7. The zero-order chi connectivity index (χ0) is 12.3. The minimum atomic E-state index is -1.13. The van der Waals surface area contributed by atoms with Gasteiger partial charge in [0.1, 0.15) is 17.6 Å². The van der Waals surface area contributed by atoms with Gasteiger partial charge in [0.25, 0.3) is 0 Å². The van der Waals surface area contributed by atoms with Gasteiger partial charge in [-0.05, 0) is 19.1 Å². The van der Waals surface area contributed by atoms with E-state index in [4.69, 9.17) is 15.1 Å². The summed E-state index contributed by atoms with van der Waals surface area (Å²) in [5.74, 6) is -2.66. The number of hydrogen-bond acceptors (Lipinski definition) is 3. The molecule has 0 aromatic heterocycles. The summed E-state index contributed by atoms with van der Waals surface area (Å²) in [6.45, 7) is 1.37. The van der Waals surface area contributed by atoms with Crippen LogP contribution in [0.2, 0.25) is 0 Å². The standard InChI is InChI=1S/C11H10FNO3/c1-6(11(14)15)8-4-10(16-2)7(5-13)3-9(8)12/h3-4,6H,1-2H3,(H,14,15). The van der Waals surface area contributed by atoms with Crippen molar-refractivity contribution in [3.63, 3.8) is 0 Å². The summed E-state index contributed by atoms with van der Waals surface area (Å²) < 4.78 is 18.4. The number of carbonyl (C=O) groups is 1. The molecule has 0 spiro atoms. The largest absolute Gasteiger partial charge is 0.495 e. The van der Waals surface area contributed by atoms with E-state index in [2.05, 4.69) is 0 Å². The normalized spacial score (nSPS) is 11.6. The van der Waals surface area contributed by atoms with Gasteiger partial charge in [0.05, 0.1) is 18.6 Å². The van der Waals surface area contributed by atoms with Gasteiger partial charge >= 0.3 is 5.97 Å². The van der Waals surface area contributed by atoms with Gasteiger partial charge in [-0.1, -0.05) is 0 Å². The lowest BCUT2D eigenvalue weighted by Crippen LogP contribution is -2.10. The van der Waals surface area contributed by atoms with Crippen LogP contribution < -0.4 is 4.74 Å². The van der Waals surface area contributed by atoms with Crippen molar-refractivity contribution in [1.29, 1.82) is 5.26 Å². The highest BCUT2D eigenvalue weighted by molar-refractivity contribution is 5.76. The van der Waals surface area contributed by atoms with Crippen molar-refractivity contribution in [1.82, 2.24) is 0 Å². The Kier molecular flexibility index (Phi) is 3.46. The SMILES string of the molecule is COc1cc(C(C)C(=O)O)c(F)cc1C#N. The van der Waals surface area contributed by atoms with Crippen molar-refractivity contribution in [2.45, 2.75) is 12.8 Å². The highest BCUT2D eigenvalue weighted by Gasteiger charge is 2.20. The molecule has 1 rings (SSSR count). The van der Waals surface area contributed by atoms with Crippen molar-refractivity contribution in [2.24, 2.45) is 0 Å². The lowest BCUT2D eigenvalue weighted by molar-refractivity contribution is -0.138. The molecule has 5 heteroatoms. The molecule has 0 bridgehead atoms. The van der Waals surface area contributed by atoms with Gasteiger partial charge in [0.15, 0.2) is 0 Å². The second-order valence-electron chi connectivity index (χ2n) is 3.25. The second-order valence-corrected chi connectivity index (χ2v) is 3.25. The third kappa shape index (κ3) is 2.11. The second kappa shape index (κ2) is 4.62. The van der Waals surface area contributed by atoms with Gasteiger partial charge in [-0.25, -0.2) is 4.39 Å². The molecular formula is C11H10FNO3. The summed E-state index contributed by atoms with van der Waals surface area (Å²) >= 11 is 0. The highest BCUT2D eigenvalue weighted by Crippen LogP contribution is 2.27. The molecule has 0 aliphatic heterocycles. The van der Waals surface area contributed by atoms with Crippen LogP contribution in [0.5, 0.6) is 5.75 Å². The van der Waals surface area contributed by atoms with Crippen LogP contribution in [0.15, 0.2) is 12.1 Å². The number of rotatable bonds is 3. The predicted octanol–water partition coefficient (Wildman–Crippen LogP) is 1.89. The molecule has 0 amide bonds. The number of carboxylic acids is 1. The Morgan fingerprint density at radius 1 is 1.62 bits per heavy atom. The quantitative estimate of drug-likeness (QED) is 0.849. The zero-order valence-electron chi connectivity index (χ0n) is 8.82. The smallest absolute Gasteiger partial charge is 0.310 e. The summed E-state index contributed by atoms with van der Waals surface area (Å²) in [6, 6.07) is 3.99. The molecule has 1 aromatic carbocycles. The average molecular weight is 223 g/mol. The molecule has 1 N–H and O–H groups in total. The molecule has 0 saturated carbocycles. The monoisotopic (exact) mass is 223 g/mol. The number of nitriles is 1. The third-order valence-corrected chi connectivity index (χ3v) is 2.28. The fourth-order valence-corrected chi connectivity index (χ4v) is 1.29. The Morgan fingerprint density at radius 3 is 2.69 bits per heavy atom. The van der Waals surface area contributed by atoms with Crippen molar-refractivity contribution >= 4 is 5.97 Å². The van der Waals surface area contributed by atoms with Crippen molar-refractivity contribution in [2.75, 3.05) is 7.11 Å². The molecule has 16 heavy (non-hydrogen) atoms. The fraction of sp³-hybridized carbons (Fsp3) is 0.273. The number of methoxy groups -OCH3 is 1. The van der Waals surface area contributed by atoms with Gasteiger partial charge in [-0.2, -0.15) is 5.26 Å². The molecule has 84 valence electrons. The van der Waals surface area contributed by atoms with E-state index >= 15 is 0 Å². The maximum absolute atomic E-state index is 13.5. The van der Waals surface area contributed by atoms with Crippen LogP contribution in [-0.4, -0.2) is 18.2 Å². The van der Waals surface area contributed by atoms with Crippen LogP contribution >= 0.6 is 0 Å². The first-order chi connectivity index (χ1) is 7.51. The van der Waals surface area contributed by atoms with Crippen LogP contribution in [-0.2, 0) is 4.79 Å². The van der Waals surface area contributed by atoms with E-state index in [1.165, 1.54) is 20.1 Å². The van der Waals surface area contributed by atoms with Gasteiger partial charge in [-0.15, -0.1) is 0 Å². The molecule has 0 aliphatic rings. The Bertz CT molecular complexity index is 465. The Morgan fingerprint density at radius 2 is 2.25 bits per heavy atom. The third-order valence-electron chi connectivity index (χ3n) is 2.28. The zero-order valence-corrected chi connectivity index (χ0v) is 8.82. The van der Waals surface area contributed by atoms with E-state index in [0.29, 0.717) is 0 Å². The van der Waals surface area contributed by atoms with Crippen molar-refractivity contribution < 1.29 is 19.0 Å². The van der Waals surface area contributed by atoms with Crippen molar-refractivity contribution in [3.05, 3.63) is 29.1 Å². The first kappa shape index (κ1) is 12.0. The Labute approximate surface area is 91.9 Å². The van der Waals surface area contributed by atoms with Crippen LogP contribution in [0, 0.1) is 17.1 Å². The first-order valence-electron chi connectivity index (χ1n) is 4.51. The Hall–Kier alpha value is -2.09. The number of hydrogen-bond donors (Lipinski definition) is 1. The predicted molar refractivity (Wildman–Crippen MR) is 53.7 cm³/mol. The summed E-state index contributed by atoms with van der Waals surface area (Å²) in [7, 11) is 1.34. The number of halogens is 1. The molecule has 0 saturated heterocycles. The van der Waals surface area contributed by atoms with Crippen molar-refractivity contribution in [3.8, 4) is 11.8 Å². The summed E-state index contributed by atoms with van der Waals surface area (Å²) in [6.07, 6.45) is 0. The van der Waals surface area contributed by atoms with Crippen LogP contribution in [0.1, 0.15) is 24.0 Å². The molecule has 0 heterocycles. The number of carboxylic acid groups (broad SMARTS) is 1.